The van der Waals surface area contributed by atoms with Crippen molar-refractivity contribution >= 4 is 35.8 Å². The minimum Gasteiger partial charge on any atom is -0.486 e. The molecule has 2 rings (SSSR count). The standard InChI is InChI=1S/C21H34FN5O2.HI/c1-5-27-12-8-9-17(27)14-24-21(25-15-20(28)26(3)4)23-13-16(2)29-19-11-7-6-10-18(19)22;/h6-7,10-11,16-17H,5,8-9,12-15H2,1-4H3,(H2,23,24,25);1H. The Labute approximate surface area is 196 Å². The van der Waals surface area contributed by atoms with Crippen molar-refractivity contribution in [3.8, 4) is 5.75 Å². The van der Waals surface area contributed by atoms with Gasteiger partial charge in [0.15, 0.2) is 17.5 Å². The largest absolute Gasteiger partial charge is 0.486 e. The van der Waals surface area contributed by atoms with E-state index in [4.69, 9.17) is 4.74 Å². The van der Waals surface area contributed by atoms with E-state index in [1.54, 1.807) is 32.3 Å². The van der Waals surface area contributed by atoms with Crippen molar-refractivity contribution in [2.75, 3.05) is 46.8 Å². The molecule has 7 nitrogen and oxygen atoms in total. The number of halogens is 2. The number of benzene rings is 1. The Hall–Kier alpha value is -1.62. The van der Waals surface area contributed by atoms with Gasteiger partial charge in [0.25, 0.3) is 0 Å². The van der Waals surface area contributed by atoms with E-state index >= 15 is 0 Å². The van der Waals surface area contributed by atoms with Crippen molar-refractivity contribution in [2.24, 2.45) is 4.99 Å². The second kappa shape index (κ2) is 13.6. The highest BCUT2D eigenvalue weighted by molar-refractivity contribution is 14.0. The zero-order chi connectivity index (χ0) is 21.2. The topological polar surface area (TPSA) is 69.2 Å². The van der Waals surface area contributed by atoms with Gasteiger partial charge in [-0.25, -0.2) is 9.38 Å². The predicted octanol–water partition coefficient (Wildman–Crippen LogP) is 2.32. The molecule has 2 unspecified atom stereocenters. The maximum absolute atomic E-state index is 13.8. The van der Waals surface area contributed by atoms with Gasteiger partial charge in [-0.2, -0.15) is 0 Å². The minimum absolute atomic E-state index is 0. The van der Waals surface area contributed by atoms with Crippen molar-refractivity contribution in [3.05, 3.63) is 30.1 Å². The fourth-order valence-electron chi connectivity index (χ4n) is 3.26. The molecule has 1 amide bonds. The third kappa shape index (κ3) is 8.63. The first-order chi connectivity index (χ1) is 13.9. The van der Waals surface area contributed by atoms with Crippen LogP contribution < -0.4 is 15.4 Å². The lowest BCUT2D eigenvalue weighted by Gasteiger charge is -2.24. The maximum atomic E-state index is 13.8. The summed E-state index contributed by atoms with van der Waals surface area (Å²) in [6.07, 6.45) is 2.08. The Morgan fingerprint density at radius 3 is 2.77 bits per heavy atom. The molecule has 1 aliphatic rings. The molecule has 1 saturated heterocycles. The molecule has 170 valence electrons. The van der Waals surface area contributed by atoms with Gasteiger partial charge in [-0.3, -0.25) is 9.69 Å². The van der Waals surface area contributed by atoms with Gasteiger partial charge < -0.3 is 20.3 Å². The number of hydrogen-bond donors (Lipinski definition) is 2. The predicted molar refractivity (Wildman–Crippen MR) is 129 cm³/mol. The Kier molecular flexibility index (Phi) is 12.0. The van der Waals surface area contributed by atoms with Crippen LogP contribution in [0.3, 0.4) is 0 Å². The molecule has 1 aromatic rings. The number of amides is 1. The summed E-state index contributed by atoms with van der Waals surface area (Å²) in [6.45, 7) is 7.43. The second-order valence-electron chi connectivity index (χ2n) is 7.50. The number of hydrogen-bond acceptors (Lipinski definition) is 4. The fraction of sp³-hybridized carbons (Fsp3) is 0.619. The molecular formula is C21H35FIN5O2. The molecular weight excluding hydrogens is 500 g/mol. The maximum Gasteiger partial charge on any atom is 0.243 e. The monoisotopic (exact) mass is 535 g/mol. The molecule has 0 bridgehead atoms. The summed E-state index contributed by atoms with van der Waals surface area (Å²) in [4.78, 5) is 20.3. The normalized spacial score (nSPS) is 17.8. The molecule has 9 heteroatoms. The highest BCUT2D eigenvalue weighted by atomic mass is 127. The second-order valence-corrected chi connectivity index (χ2v) is 7.50. The van der Waals surface area contributed by atoms with E-state index in [1.165, 1.54) is 17.4 Å². The van der Waals surface area contributed by atoms with E-state index in [0.717, 1.165) is 26.1 Å². The molecule has 0 aliphatic carbocycles. The molecule has 2 N–H and O–H groups in total. The van der Waals surface area contributed by atoms with Crippen molar-refractivity contribution in [1.29, 1.82) is 0 Å². The smallest absolute Gasteiger partial charge is 0.243 e. The first-order valence-electron chi connectivity index (χ1n) is 10.3. The summed E-state index contributed by atoms with van der Waals surface area (Å²) in [7, 11) is 3.42. The summed E-state index contributed by atoms with van der Waals surface area (Å²) in [5, 5.41) is 6.56. The molecule has 0 spiro atoms. The number of ether oxygens (including phenoxy) is 1. The molecule has 1 heterocycles. The number of rotatable bonds is 9. The summed E-state index contributed by atoms with van der Waals surface area (Å²) in [6, 6.07) is 6.81. The summed E-state index contributed by atoms with van der Waals surface area (Å²) < 4.78 is 19.4. The lowest BCUT2D eigenvalue weighted by molar-refractivity contribution is -0.127. The van der Waals surface area contributed by atoms with Crippen molar-refractivity contribution < 1.29 is 13.9 Å². The van der Waals surface area contributed by atoms with Gasteiger partial charge in [-0.1, -0.05) is 19.1 Å². The van der Waals surface area contributed by atoms with Gasteiger partial charge >= 0.3 is 0 Å². The quantitative estimate of drug-likeness (QED) is 0.289. The number of aliphatic imine (C=N–C) groups is 1. The van der Waals surface area contributed by atoms with E-state index in [0.29, 0.717) is 18.5 Å². The van der Waals surface area contributed by atoms with E-state index in [-0.39, 0.29) is 54.1 Å². The summed E-state index contributed by atoms with van der Waals surface area (Å²) >= 11 is 0. The molecule has 1 aliphatic heterocycles. The number of carbonyl (C=O) groups is 1. The van der Waals surface area contributed by atoms with E-state index in [2.05, 4.69) is 27.4 Å². The van der Waals surface area contributed by atoms with Crippen LogP contribution >= 0.6 is 24.0 Å². The van der Waals surface area contributed by atoms with Gasteiger partial charge in [0.05, 0.1) is 6.54 Å². The molecule has 1 fully saturated rings. The Bertz CT molecular complexity index is 689. The van der Waals surface area contributed by atoms with E-state index < -0.39 is 0 Å². The Morgan fingerprint density at radius 1 is 1.37 bits per heavy atom. The first-order valence-corrected chi connectivity index (χ1v) is 10.3. The third-order valence-corrected chi connectivity index (χ3v) is 5.00. The lowest BCUT2D eigenvalue weighted by atomic mass is 10.2. The zero-order valence-corrected chi connectivity index (χ0v) is 20.7. The number of guanidine groups is 1. The van der Waals surface area contributed by atoms with Gasteiger partial charge in [-0.15, -0.1) is 24.0 Å². The van der Waals surface area contributed by atoms with E-state index in [9.17, 15) is 9.18 Å². The number of likely N-dealkylation sites (N-methyl/N-ethyl adjacent to an activating group) is 2. The molecule has 1 aromatic carbocycles. The average molecular weight is 535 g/mol. The van der Waals surface area contributed by atoms with Crippen LogP contribution in [0, 0.1) is 5.82 Å². The van der Waals surface area contributed by atoms with Crippen LogP contribution in [0.2, 0.25) is 0 Å². The molecule has 0 radical (unpaired) electrons. The fourth-order valence-corrected chi connectivity index (χ4v) is 3.26. The summed E-state index contributed by atoms with van der Waals surface area (Å²) in [5.41, 5.74) is 0. The van der Waals surface area contributed by atoms with Crippen LogP contribution in [0.15, 0.2) is 29.3 Å². The van der Waals surface area contributed by atoms with Gasteiger partial charge in [0.2, 0.25) is 5.91 Å². The van der Waals surface area contributed by atoms with Crippen LogP contribution in [0.1, 0.15) is 26.7 Å². The first kappa shape index (κ1) is 26.4. The van der Waals surface area contributed by atoms with E-state index in [1.807, 2.05) is 6.92 Å². The van der Waals surface area contributed by atoms with Gasteiger partial charge in [0, 0.05) is 26.7 Å². The summed E-state index contributed by atoms with van der Waals surface area (Å²) in [5.74, 6) is 0.328. The molecule has 30 heavy (non-hydrogen) atoms. The van der Waals surface area contributed by atoms with Crippen LogP contribution in [0.4, 0.5) is 4.39 Å². The van der Waals surface area contributed by atoms with Crippen LogP contribution in [-0.2, 0) is 4.79 Å². The highest BCUT2D eigenvalue weighted by Gasteiger charge is 2.23. The zero-order valence-electron chi connectivity index (χ0n) is 18.4. The molecule has 0 saturated carbocycles. The number of nitrogens with one attached hydrogen (secondary N) is 2. The molecule has 0 aromatic heterocycles. The van der Waals surface area contributed by atoms with Gasteiger partial charge in [0.1, 0.15) is 12.6 Å². The lowest BCUT2D eigenvalue weighted by Crippen LogP contribution is -2.47. The minimum atomic E-state index is -0.385. The number of carbonyl (C=O) groups excluding carboxylic acids is 1. The van der Waals surface area contributed by atoms with Crippen molar-refractivity contribution in [2.45, 2.75) is 38.8 Å². The van der Waals surface area contributed by atoms with Crippen LogP contribution in [-0.4, -0.2) is 80.6 Å². The number of likely N-dealkylation sites (tertiary alicyclic amines) is 1. The highest BCUT2D eigenvalue weighted by Crippen LogP contribution is 2.17. The SMILES string of the molecule is CCN1CCCC1CNC(=NCC(=O)N(C)C)NCC(C)Oc1ccccc1F.I. The number of para-hydroxylation sites is 1. The Morgan fingerprint density at radius 2 is 2.10 bits per heavy atom. The molecule has 2 atom stereocenters. The number of nitrogens with zero attached hydrogens (tertiary/aromatic N) is 3. The van der Waals surface area contributed by atoms with Crippen LogP contribution in [0.5, 0.6) is 5.75 Å². The van der Waals surface area contributed by atoms with Gasteiger partial charge in [-0.05, 0) is 45.0 Å². The van der Waals surface area contributed by atoms with Crippen LogP contribution in [0.25, 0.3) is 0 Å². The van der Waals surface area contributed by atoms with Crippen molar-refractivity contribution in [3.63, 3.8) is 0 Å². The Balaban J connectivity index is 0.00000450. The average Bonchev–Trinajstić information content (AvgIpc) is 3.16. The van der Waals surface area contributed by atoms with Crippen molar-refractivity contribution in [1.82, 2.24) is 20.4 Å². The third-order valence-electron chi connectivity index (χ3n) is 5.00.